The molecule has 1 aromatic rings. The Morgan fingerprint density at radius 3 is 2.38 bits per heavy atom. The van der Waals surface area contributed by atoms with Crippen LogP contribution in [0.4, 0.5) is 0 Å². The van der Waals surface area contributed by atoms with Gasteiger partial charge in [-0.3, -0.25) is 0 Å². The summed E-state index contributed by atoms with van der Waals surface area (Å²) in [5, 5.41) is 0. The number of rotatable bonds is 10. The monoisotopic (exact) mass is 354 g/mol. The van der Waals surface area contributed by atoms with Crippen LogP contribution in [0.15, 0.2) is 18.2 Å². The minimum Gasteiger partial charge on any atom is -0.465 e. The number of aryl methyl sites for hydroxylation is 1. The van der Waals surface area contributed by atoms with E-state index in [2.05, 4.69) is 12.1 Å². The molecule has 0 aliphatic carbocycles. The molecule has 1 heterocycles. The van der Waals surface area contributed by atoms with Crippen LogP contribution in [-0.2, 0) is 31.0 Å². The summed E-state index contributed by atoms with van der Waals surface area (Å²) in [6.07, 6.45) is 1.77. The third-order valence-corrected chi connectivity index (χ3v) is 7.08. The number of hydrogen-bond donors (Lipinski definition) is 0. The highest BCUT2D eigenvalue weighted by Gasteiger charge is 2.39. The van der Waals surface area contributed by atoms with Crippen molar-refractivity contribution in [2.45, 2.75) is 59.5 Å². The molecule has 0 spiro atoms. The van der Waals surface area contributed by atoms with Gasteiger partial charge in [0.2, 0.25) is 0 Å². The molecule has 0 saturated carbocycles. The Bertz CT molecular complexity index is 491. The normalized spacial score (nSPS) is 17.4. The number of fused-ring (bicyclic) bond motifs is 1. The van der Waals surface area contributed by atoms with Crippen molar-refractivity contribution >= 4 is 8.80 Å². The summed E-state index contributed by atoms with van der Waals surface area (Å²) < 4.78 is 28.9. The lowest BCUT2D eigenvalue weighted by Gasteiger charge is -2.28. The van der Waals surface area contributed by atoms with Crippen molar-refractivity contribution in [3.63, 3.8) is 0 Å². The van der Waals surface area contributed by atoms with Crippen molar-refractivity contribution in [2.24, 2.45) is 0 Å². The molecule has 2 rings (SSSR count). The molecule has 1 unspecified atom stereocenters. The summed E-state index contributed by atoms with van der Waals surface area (Å²) in [7, 11) is -2.54. The van der Waals surface area contributed by atoms with Crippen LogP contribution < -0.4 is 4.74 Å². The molecular weight excluding hydrogens is 324 g/mol. The summed E-state index contributed by atoms with van der Waals surface area (Å²) in [6.45, 7) is 10.4. The molecular formula is C18H30O5Si. The quantitative estimate of drug-likeness (QED) is 0.596. The van der Waals surface area contributed by atoms with E-state index in [0.717, 1.165) is 30.2 Å². The van der Waals surface area contributed by atoms with Crippen molar-refractivity contribution < 1.29 is 22.8 Å². The van der Waals surface area contributed by atoms with E-state index in [1.54, 1.807) is 0 Å². The standard InChI is InChI=1S/C18H30O5Si/c1-5-20-24(21-6-2,22-7-3)12-8-9-16-10-11-18-17(13-16)14-19-15(4)23-18/h10-11,13,15H,5-9,12,14H2,1-4H3. The number of ether oxygens (including phenoxy) is 2. The van der Waals surface area contributed by atoms with Gasteiger partial charge in [-0.2, -0.15) is 0 Å². The number of benzene rings is 1. The summed E-state index contributed by atoms with van der Waals surface area (Å²) >= 11 is 0. The Kier molecular flexibility index (Phi) is 7.71. The Morgan fingerprint density at radius 1 is 1.08 bits per heavy atom. The molecule has 0 saturated heterocycles. The van der Waals surface area contributed by atoms with Crippen molar-refractivity contribution in [3.05, 3.63) is 29.3 Å². The van der Waals surface area contributed by atoms with E-state index in [9.17, 15) is 0 Å². The van der Waals surface area contributed by atoms with E-state index in [4.69, 9.17) is 22.8 Å². The predicted octanol–water partition coefficient (Wildman–Crippen LogP) is 3.92. The first-order chi connectivity index (χ1) is 11.6. The largest absolute Gasteiger partial charge is 0.500 e. The van der Waals surface area contributed by atoms with Crippen LogP contribution in [-0.4, -0.2) is 34.9 Å². The van der Waals surface area contributed by atoms with Gasteiger partial charge in [0.05, 0.1) is 6.61 Å². The van der Waals surface area contributed by atoms with Crippen LogP contribution in [0.1, 0.15) is 45.2 Å². The Labute approximate surface area is 146 Å². The third-order valence-electron chi connectivity index (χ3n) is 3.93. The lowest BCUT2D eigenvalue weighted by molar-refractivity contribution is -0.0944. The van der Waals surface area contributed by atoms with Gasteiger partial charge in [-0.05, 0) is 58.2 Å². The van der Waals surface area contributed by atoms with Gasteiger partial charge in [-0.1, -0.05) is 6.07 Å². The highest BCUT2D eigenvalue weighted by atomic mass is 28.4. The second kappa shape index (κ2) is 9.53. The van der Waals surface area contributed by atoms with Crippen molar-refractivity contribution in [1.29, 1.82) is 0 Å². The van der Waals surface area contributed by atoms with E-state index in [1.165, 1.54) is 5.56 Å². The molecule has 0 N–H and O–H groups in total. The molecule has 1 aliphatic heterocycles. The maximum Gasteiger partial charge on any atom is 0.500 e. The first kappa shape index (κ1) is 19.4. The fourth-order valence-electron chi connectivity index (χ4n) is 2.95. The lowest BCUT2D eigenvalue weighted by Crippen LogP contribution is -2.46. The molecule has 1 aromatic carbocycles. The van der Waals surface area contributed by atoms with Gasteiger partial charge in [-0.15, -0.1) is 0 Å². The first-order valence-corrected chi connectivity index (χ1v) is 10.9. The zero-order chi connectivity index (χ0) is 17.4. The fraction of sp³-hybridized carbons (Fsp3) is 0.667. The van der Waals surface area contributed by atoms with Gasteiger partial charge in [0.15, 0.2) is 6.29 Å². The van der Waals surface area contributed by atoms with Crippen LogP contribution in [0, 0.1) is 0 Å². The van der Waals surface area contributed by atoms with Gasteiger partial charge >= 0.3 is 8.80 Å². The van der Waals surface area contributed by atoms with Crippen LogP contribution in [0.5, 0.6) is 5.75 Å². The van der Waals surface area contributed by atoms with Gasteiger partial charge in [0.1, 0.15) is 5.75 Å². The topological polar surface area (TPSA) is 46.2 Å². The van der Waals surface area contributed by atoms with Crippen LogP contribution in [0.25, 0.3) is 0 Å². The second-order valence-corrected chi connectivity index (χ2v) is 8.51. The van der Waals surface area contributed by atoms with E-state index < -0.39 is 8.80 Å². The molecule has 136 valence electrons. The fourth-order valence-corrected chi connectivity index (χ4v) is 5.56. The van der Waals surface area contributed by atoms with Crippen LogP contribution in [0.2, 0.25) is 6.04 Å². The van der Waals surface area contributed by atoms with Crippen molar-refractivity contribution in [2.75, 3.05) is 19.8 Å². The smallest absolute Gasteiger partial charge is 0.465 e. The average molecular weight is 355 g/mol. The summed E-state index contributed by atoms with van der Waals surface area (Å²) in [5.74, 6) is 0.930. The first-order valence-electron chi connectivity index (χ1n) is 8.94. The summed E-state index contributed by atoms with van der Waals surface area (Å²) in [5.41, 5.74) is 2.40. The molecule has 0 radical (unpaired) electrons. The highest BCUT2D eigenvalue weighted by Crippen LogP contribution is 2.28. The Morgan fingerprint density at radius 2 is 1.75 bits per heavy atom. The lowest BCUT2D eigenvalue weighted by atomic mass is 10.1. The van der Waals surface area contributed by atoms with Crippen molar-refractivity contribution in [1.82, 2.24) is 0 Å². The molecule has 0 bridgehead atoms. The van der Waals surface area contributed by atoms with Crippen LogP contribution in [0.3, 0.4) is 0 Å². The Balaban J connectivity index is 1.94. The zero-order valence-corrected chi connectivity index (χ0v) is 16.3. The Hall–Kier alpha value is -0.923. The molecule has 5 nitrogen and oxygen atoms in total. The van der Waals surface area contributed by atoms with E-state index in [0.29, 0.717) is 26.4 Å². The molecule has 0 aromatic heterocycles. The molecule has 1 aliphatic rings. The van der Waals surface area contributed by atoms with Gasteiger partial charge < -0.3 is 22.8 Å². The molecule has 24 heavy (non-hydrogen) atoms. The third kappa shape index (κ3) is 5.29. The minimum atomic E-state index is -2.54. The molecule has 0 amide bonds. The maximum absolute atomic E-state index is 5.91. The predicted molar refractivity (Wildman–Crippen MR) is 95.1 cm³/mol. The summed E-state index contributed by atoms with van der Waals surface area (Å²) in [6, 6.07) is 7.18. The maximum atomic E-state index is 5.91. The van der Waals surface area contributed by atoms with Gasteiger partial charge in [0.25, 0.3) is 0 Å². The van der Waals surface area contributed by atoms with E-state index >= 15 is 0 Å². The molecule has 1 atom stereocenters. The van der Waals surface area contributed by atoms with Crippen molar-refractivity contribution in [3.8, 4) is 5.75 Å². The van der Waals surface area contributed by atoms with Gasteiger partial charge in [0, 0.05) is 31.4 Å². The van der Waals surface area contributed by atoms with Gasteiger partial charge in [-0.25, -0.2) is 0 Å². The SMILES string of the molecule is CCO[Si](CCCc1ccc2c(c1)COC(C)O2)(OCC)OCC. The van der Waals surface area contributed by atoms with Crippen LogP contribution >= 0.6 is 0 Å². The average Bonchev–Trinajstić information content (AvgIpc) is 2.56. The second-order valence-electron chi connectivity index (χ2n) is 5.77. The van der Waals surface area contributed by atoms with E-state index in [1.807, 2.05) is 33.8 Å². The molecule has 0 fully saturated rings. The molecule has 6 heteroatoms. The minimum absolute atomic E-state index is 0.168. The number of hydrogen-bond acceptors (Lipinski definition) is 5. The summed E-state index contributed by atoms with van der Waals surface area (Å²) in [4.78, 5) is 0. The zero-order valence-electron chi connectivity index (χ0n) is 15.3. The highest BCUT2D eigenvalue weighted by molar-refractivity contribution is 6.60. The van der Waals surface area contributed by atoms with E-state index in [-0.39, 0.29) is 6.29 Å².